The number of hydrogen-bond acceptors (Lipinski definition) is 5. The van der Waals surface area contributed by atoms with E-state index in [2.05, 4.69) is 0 Å². The van der Waals surface area contributed by atoms with Crippen LogP contribution in [0.4, 0.5) is 0 Å². The van der Waals surface area contributed by atoms with Gasteiger partial charge in [0, 0.05) is 7.11 Å². The van der Waals surface area contributed by atoms with E-state index in [-0.39, 0.29) is 18.3 Å². The number of carbonyl (C=O) groups excluding carboxylic acids is 2. The summed E-state index contributed by atoms with van der Waals surface area (Å²) < 4.78 is 15.5. The summed E-state index contributed by atoms with van der Waals surface area (Å²) in [5.74, 6) is -0.449. The van der Waals surface area contributed by atoms with Gasteiger partial charge in [-0.3, -0.25) is 4.79 Å². The Balaban J connectivity index is 1.98. The minimum absolute atomic E-state index is 0.127. The number of ether oxygens (including phenoxy) is 3. The van der Waals surface area contributed by atoms with Gasteiger partial charge >= 0.3 is 11.9 Å². The molecule has 1 atom stereocenters. The lowest BCUT2D eigenvalue weighted by molar-refractivity contribution is -0.145. The Kier molecular flexibility index (Phi) is 5.95. The first-order valence-electron chi connectivity index (χ1n) is 7.58. The monoisotopic (exact) mass is 306 g/mol. The molecule has 0 spiro atoms. The molecule has 1 aromatic carbocycles. The molecule has 120 valence electrons. The van der Waals surface area contributed by atoms with E-state index in [4.69, 9.17) is 14.2 Å². The highest BCUT2D eigenvalue weighted by Gasteiger charge is 2.36. The van der Waals surface area contributed by atoms with Crippen LogP contribution in [0.2, 0.25) is 0 Å². The molecule has 0 aromatic heterocycles. The summed E-state index contributed by atoms with van der Waals surface area (Å²) in [6.07, 6.45) is 1.71. The molecule has 0 amide bonds. The maximum absolute atomic E-state index is 12.3. The third-order valence-electron chi connectivity index (χ3n) is 3.55. The van der Waals surface area contributed by atoms with E-state index >= 15 is 0 Å². The van der Waals surface area contributed by atoms with Crippen molar-refractivity contribution in [2.24, 2.45) is 5.92 Å². The van der Waals surface area contributed by atoms with Gasteiger partial charge in [0.05, 0.1) is 25.2 Å². The first kappa shape index (κ1) is 16.5. The maximum atomic E-state index is 12.3. The standard InChI is InChI=1S/C17H22O5/c1-3-21-16(18)10-15(13-7-8-13)22-17(19)14-6-4-5-12(9-14)11-20-2/h4-6,9,13,15H,3,7-8,10-11H2,1-2H3/t15-/m0/s1. The molecule has 5 heteroatoms. The van der Waals surface area contributed by atoms with Gasteiger partial charge in [0.2, 0.25) is 0 Å². The Morgan fingerprint density at radius 2 is 2.09 bits per heavy atom. The fourth-order valence-electron chi connectivity index (χ4n) is 2.32. The number of methoxy groups -OCH3 is 1. The lowest BCUT2D eigenvalue weighted by atomic mass is 10.1. The van der Waals surface area contributed by atoms with Crippen molar-refractivity contribution >= 4 is 11.9 Å². The van der Waals surface area contributed by atoms with Gasteiger partial charge in [-0.2, -0.15) is 0 Å². The van der Waals surface area contributed by atoms with Gasteiger partial charge in [-0.15, -0.1) is 0 Å². The van der Waals surface area contributed by atoms with E-state index < -0.39 is 12.1 Å². The molecule has 1 aliphatic rings. The summed E-state index contributed by atoms with van der Waals surface area (Å²) in [7, 11) is 1.60. The molecule has 0 aliphatic heterocycles. The second-order valence-corrected chi connectivity index (χ2v) is 5.42. The van der Waals surface area contributed by atoms with Crippen molar-refractivity contribution in [3.63, 3.8) is 0 Å². The van der Waals surface area contributed by atoms with E-state index in [0.29, 0.717) is 18.8 Å². The van der Waals surface area contributed by atoms with Crippen LogP contribution in [0, 0.1) is 5.92 Å². The van der Waals surface area contributed by atoms with Crippen molar-refractivity contribution < 1.29 is 23.8 Å². The van der Waals surface area contributed by atoms with Crippen molar-refractivity contribution in [3.8, 4) is 0 Å². The minimum Gasteiger partial charge on any atom is -0.466 e. The predicted octanol–water partition coefficient (Wildman–Crippen LogP) is 2.72. The van der Waals surface area contributed by atoms with Crippen molar-refractivity contribution in [2.75, 3.05) is 13.7 Å². The van der Waals surface area contributed by atoms with Gasteiger partial charge in [0.25, 0.3) is 0 Å². The molecule has 1 aliphatic carbocycles. The quantitative estimate of drug-likeness (QED) is 0.691. The van der Waals surface area contributed by atoms with Crippen molar-refractivity contribution in [1.29, 1.82) is 0 Å². The highest BCUT2D eigenvalue weighted by molar-refractivity contribution is 5.90. The lowest BCUT2D eigenvalue weighted by Crippen LogP contribution is -2.24. The zero-order valence-corrected chi connectivity index (χ0v) is 13.0. The lowest BCUT2D eigenvalue weighted by Gasteiger charge is -2.17. The first-order chi connectivity index (χ1) is 10.6. The maximum Gasteiger partial charge on any atom is 0.338 e. The Morgan fingerprint density at radius 1 is 1.32 bits per heavy atom. The molecular formula is C17H22O5. The first-order valence-corrected chi connectivity index (χ1v) is 7.58. The van der Waals surface area contributed by atoms with Gasteiger partial charge in [-0.25, -0.2) is 4.79 Å². The van der Waals surface area contributed by atoms with Gasteiger partial charge < -0.3 is 14.2 Å². The topological polar surface area (TPSA) is 61.8 Å². The Morgan fingerprint density at radius 3 is 2.73 bits per heavy atom. The van der Waals surface area contributed by atoms with E-state index in [9.17, 15) is 9.59 Å². The third kappa shape index (κ3) is 4.84. The van der Waals surface area contributed by atoms with E-state index in [1.165, 1.54) is 0 Å². The molecule has 0 unspecified atom stereocenters. The molecule has 1 saturated carbocycles. The molecule has 22 heavy (non-hydrogen) atoms. The zero-order chi connectivity index (χ0) is 15.9. The largest absolute Gasteiger partial charge is 0.466 e. The number of benzene rings is 1. The summed E-state index contributed by atoms with van der Waals surface area (Å²) in [6, 6.07) is 7.13. The molecule has 0 radical (unpaired) electrons. The summed E-state index contributed by atoms with van der Waals surface area (Å²) in [5, 5.41) is 0. The zero-order valence-electron chi connectivity index (χ0n) is 13.0. The smallest absolute Gasteiger partial charge is 0.338 e. The number of rotatable bonds is 8. The molecular weight excluding hydrogens is 284 g/mol. The summed E-state index contributed by atoms with van der Waals surface area (Å²) in [5.41, 5.74) is 1.38. The van der Waals surface area contributed by atoms with E-state index in [1.807, 2.05) is 6.07 Å². The average Bonchev–Trinajstić information content (AvgIpc) is 3.32. The van der Waals surface area contributed by atoms with Gasteiger partial charge in [0.1, 0.15) is 6.10 Å². The van der Waals surface area contributed by atoms with Gasteiger partial charge in [-0.1, -0.05) is 12.1 Å². The molecule has 2 rings (SSSR count). The fraction of sp³-hybridized carbons (Fsp3) is 0.529. The fourth-order valence-corrected chi connectivity index (χ4v) is 2.32. The van der Waals surface area contributed by atoms with Crippen LogP contribution in [0.15, 0.2) is 24.3 Å². The summed E-state index contributed by atoms with van der Waals surface area (Å²) >= 11 is 0. The van der Waals surface area contributed by atoms with Crippen LogP contribution < -0.4 is 0 Å². The van der Waals surface area contributed by atoms with Crippen LogP contribution in [0.1, 0.15) is 42.1 Å². The van der Waals surface area contributed by atoms with Crippen LogP contribution in [0.3, 0.4) is 0 Å². The van der Waals surface area contributed by atoms with E-state index in [1.54, 1.807) is 32.2 Å². The molecule has 0 heterocycles. The Hall–Kier alpha value is -1.88. The van der Waals surface area contributed by atoms with Crippen LogP contribution in [-0.2, 0) is 25.6 Å². The minimum atomic E-state index is -0.404. The highest BCUT2D eigenvalue weighted by Crippen LogP contribution is 2.36. The average molecular weight is 306 g/mol. The second kappa shape index (κ2) is 7.94. The van der Waals surface area contributed by atoms with E-state index in [0.717, 1.165) is 18.4 Å². The van der Waals surface area contributed by atoms with Crippen LogP contribution in [-0.4, -0.2) is 31.8 Å². The van der Waals surface area contributed by atoms with Crippen LogP contribution in [0.5, 0.6) is 0 Å². The number of esters is 2. The molecule has 1 fully saturated rings. The number of carbonyl (C=O) groups is 2. The van der Waals surface area contributed by atoms with Crippen LogP contribution >= 0.6 is 0 Å². The molecule has 0 bridgehead atoms. The molecule has 0 saturated heterocycles. The van der Waals surface area contributed by atoms with Crippen molar-refractivity contribution in [2.45, 2.75) is 38.9 Å². The highest BCUT2D eigenvalue weighted by atomic mass is 16.6. The van der Waals surface area contributed by atoms with Crippen molar-refractivity contribution in [3.05, 3.63) is 35.4 Å². The van der Waals surface area contributed by atoms with Gasteiger partial charge in [0.15, 0.2) is 0 Å². The van der Waals surface area contributed by atoms with Gasteiger partial charge in [-0.05, 0) is 43.4 Å². The number of hydrogen-bond donors (Lipinski definition) is 0. The Labute approximate surface area is 130 Å². The molecule has 1 aromatic rings. The van der Waals surface area contributed by atoms with Crippen molar-refractivity contribution in [1.82, 2.24) is 0 Å². The summed E-state index contributed by atoms with van der Waals surface area (Å²) in [6.45, 7) is 2.54. The summed E-state index contributed by atoms with van der Waals surface area (Å²) in [4.78, 5) is 23.9. The predicted molar refractivity (Wildman–Crippen MR) is 80.3 cm³/mol. The Bertz CT molecular complexity index is 522. The molecule has 5 nitrogen and oxygen atoms in total. The second-order valence-electron chi connectivity index (χ2n) is 5.42. The molecule has 0 N–H and O–H groups in total. The van der Waals surface area contributed by atoms with Crippen LogP contribution in [0.25, 0.3) is 0 Å². The third-order valence-corrected chi connectivity index (χ3v) is 3.55. The SMILES string of the molecule is CCOC(=O)C[C@H](OC(=O)c1cccc(COC)c1)C1CC1. The normalized spacial score (nSPS) is 15.2.